The molecular formula is C12H26N2O2. The zero-order chi connectivity index (χ0) is 12.2. The van der Waals surface area contributed by atoms with E-state index in [0.717, 1.165) is 45.3 Å². The van der Waals surface area contributed by atoms with Gasteiger partial charge in [-0.3, -0.25) is 4.79 Å². The summed E-state index contributed by atoms with van der Waals surface area (Å²) in [6, 6.07) is 0.0125. The van der Waals surface area contributed by atoms with E-state index in [1.165, 1.54) is 0 Å². The van der Waals surface area contributed by atoms with Crippen molar-refractivity contribution >= 4 is 5.91 Å². The molecule has 4 heteroatoms. The summed E-state index contributed by atoms with van der Waals surface area (Å²) >= 11 is 0. The first-order valence-corrected chi connectivity index (χ1v) is 6.22. The van der Waals surface area contributed by atoms with Crippen LogP contribution in [0.2, 0.25) is 0 Å². The van der Waals surface area contributed by atoms with Crippen LogP contribution in [0, 0.1) is 0 Å². The maximum Gasteiger partial charge on any atom is 0.221 e. The summed E-state index contributed by atoms with van der Waals surface area (Å²) in [5.74, 6) is 0.0766. The van der Waals surface area contributed by atoms with Crippen molar-refractivity contribution < 1.29 is 9.53 Å². The molecule has 0 aromatic carbocycles. The number of carbonyl (C=O) groups is 1. The summed E-state index contributed by atoms with van der Waals surface area (Å²) in [6.45, 7) is 3.63. The lowest BCUT2D eigenvalue weighted by Gasteiger charge is -2.10. The Balaban J connectivity index is 3.30. The van der Waals surface area contributed by atoms with E-state index in [1.807, 2.05) is 0 Å². The second-order valence-corrected chi connectivity index (χ2v) is 4.16. The minimum Gasteiger partial charge on any atom is -0.385 e. The molecule has 1 amide bonds. The minimum absolute atomic E-state index is 0.0125. The number of nitrogens with one attached hydrogen (secondary N) is 1. The molecular weight excluding hydrogens is 204 g/mol. The fourth-order valence-corrected chi connectivity index (χ4v) is 1.56. The fraction of sp³-hybridized carbons (Fsp3) is 0.917. The summed E-state index contributed by atoms with van der Waals surface area (Å²) in [7, 11) is 1.71. The van der Waals surface area contributed by atoms with Gasteiger partial charge in [0.2, 0.25) is 5.91 Å². The molecule has 16 heavy (non-hydrogen) atoms. The molecule has 0 spiro atoms. The Morgan fingerprint density at radius 2 is 2.12 bits per heavy atom. The lowest BCUT2D eigenvalue weighted by atomic mass is 10.1. The van der Waals surface area contributed by atoms with Crippen molar-refractivity contribution in [3.63, 3.8) is 0 Å². The Hall–Kier alpha value is -0.610. The second-order valence-electron chi connectivity index (χ2n) is 4.16. The van der Waals surface area contributed by atoms with E-state index < -0.39 is 0 Å². The number of rotatable bonds is 10. The topological polar surface area (TPSA) is 64.4 Å². The number of methoxy groups -OCH3 is 1. The van der Waals surface area contributed by atoms with Crippen molar-refractivity contribution in [2.24, 2.45) is 5.73 Å². The van der Waals surface area contributed by atoms with Crippen molar-refractivity contribution in [1.82, 2.24) is 5.32 Å². The average Bonchev–Trinajstić information content (AvgIpc) is 2.23. The number of unbranched alkanes of at least 4 members (excludes halogenated alkanes) is 2. The number of hydrogen-bond donors (Lipinski definition) is 2. The lowest BCUT2D eigenvalue weighted by molar-refractivity contribution is -0.121. The van der Waals surface area contributed by atoms with Crippen LogP contribution in [-0.4, -0.2) is 32.2 Å². The first-order valence-electron chi connectivity index (χ1n) is 6.22. The molecule has 4 nitrogen and oxygen atoms in total. The first kappa shape index (κ1) is 15.4. The van der Waals surface area contributed by atoms with Crippen LogP contribution in [0.1, 0.15) is 45.4 Å². The number of amides is 1. The zero-order valence-corrected chi connectivity index (χ0v) is 10.6. The minimum atomic E-state index is 0.0125. The smallest absolute Gasteiger partial charge is 0.221 e. The average molecular weight is 230 g/mol. The van der Waals surface area contributed by atoms with E-state index >= 15 is 0 Å². The Morgan fingerprint density at radius 1 is 1.38 bits per heavy atom. The first-order chi connectivity index (χ1) is 7.70. The van der Waals surface area contributed by atoms with Gasteiger partial charge in [0.1, 0.15) is 0 Å². The van der Waals surface area contributed by atoms with E-state index in [0.29, 0.717) is 6.42 Å². The maximum absolute atomic E-state index is 11.4. The molecule has 0 saturated carbocycles. The second kappa shape index (κ2) is 10.9. The fourth-order valence-electron chi connectivity index (χ4n) is 1.56. The van der Waals surface area contributed by atoms with Gasteiger partial charge < -0.3 is 15.8 Å². The van der Waals surface area contributed by atoms with Crippen molar-refractivity contribution in [1.29, 1.82) is 0 Å². The molecule has 1 atom stereocenters. The molecule has 96 valence electrons. The quantitative estimate of drug-likeness (QED) is 0.558. The van der Waals surface area contributed by atoms with Crippen LogP contribution in [-0.2, 0) is 9.53 Å². The Bertz CT molecular complexity index is 174. The van der Waals surface area contributed by atoms with Crippen molar-refractivity contribution in [2.45, 2.75) is 51.5 Å². The molecule has 0 rings (SSSR count). The van der Waals surface area contributed by atoms with Gasteiger partial charge in [0.05, 0.1) is 0 Å². The molecule has 0 aliphatic rings. The molecule has 0 aromatic rings. The molecule has 0 bridgehead atoms. The molecule has 0 radical (unpaired) electrons. The van der Waals surface area contributed by atoms with Gasteiger partial charge in [-0.2, -0.15) is 0 Å². The van der Waals surface area contributed by atoms with Crippen LogP contribution in [0.3, 0.4) is 0 Å². The predicted octanol–water partition coefficient (Wildman–Crippen LogP) is 1.44. The Morgan fingerprint density at radius 3 is 2.75 bits per heavy atom. The van der Waals surface area contributed by atoms with Crippen molar-refractivity contribution in [3.05, 3.63) is 0 Å². The van der Waals surface area contributed by atoms with E-state index in [4.69, 9.17) is 10.5 Å². The molecule has 0 aromatic heterocycles. The maximum atomic E-state index is 11.4. The van der Waals surface area contributed by atoms with Gasteiger partial charge in [0, 0.05) is 32.7 Å². The van der Waals surface area contributed by atoms with E-state index in [1.54, 1.807) is 7.11 Å². The van der Waals surface area contributed by atoms with Gasteiger partial charge in [0.25, 0.3) is 0 Å². The summed E-state index contributed by atoms with van der Waals surface area (Å²) < 4.78 is 4.95. The highest BCUT2D eigenvalue weighted by atomic mass is 16.5. The Labute approximate surface area is 98.9 Å². The van der Waals surface area contributed by atoms with E-state index in [9.17, 15) is 4.79 Å². The molecule has 0 heterocycles. The van der Waals surface area contributed by atoms with Gasteiger partial charge in [-0.05, 0) is 25.7 Å². The molecule has 0 saturated heterocycles. The third-order valence-corrected chi connectivity index (χ3v) is 2.45. The standard InChI is InChI=1S/C12H26N2O2/c1-3-7-11(13)10-12(15)14-8-5-4-6-9-16-2/h11H,3-10,13H2,1-2H3,(H,14,15). The molecule has 1 unspecified atom stereocenters. The van der Waals surface area contributed by atoms with Gasteiger partial charge in [-0.1, -0.05) is 13.3 Å². The van der Waals surface area contributed by atoms with E-state index in [-0.39, 0.29) is 11.9 Å². The zero-order valence-electron chi connectivity index (χ0n) is 10.6. The van der Waals surface area contributed by atoms with Crippen molar-refractivity contribution in [3.8, 4) is 0 Å². The van der Waals surface area contributed by atoms with Gasteiger partial charge in [-0.25, -0.2) is 0 Å². The third kappa shape index (κ3) is 9.93. The number of hydrogen-bond acceptors (Lipinski definition) is 3. The molecule has 3 N–H and O–H groups in total. The summed E-state index contributed by atoms with van der Waals surface area (Å²) in [6.07, 6.45) is 5.56. The predicted molar refractivity (Wildman–Crippen MR) is 66.2 cm³/mol. The normalized spacial score (nSPS) is 12.4. The third-order valence-electron chi connectivity index (χ3n) is 2.45. The van der Waals surface area contributed by atoms with Crippen LogP contribution in [0.5, 0.6) is 0 Å². The molecule has 0 fully saturated rings. The van der Waals surface area contributed by atoms with Gasteiger partial charge in [-0.15, -0.1) is 0 Å². The van der Waals surface area contributed by atoms with Crippen LogP contribution < -0.4 is 11.1 Å². The summed E-state index contributed by atoms with van der Waals surface area (Å²) in [5, 5.41) is 2.89. The van der Waals surface area contributed by atoms with Crippen molar-refractivity contribution in [2.75, 3.05) is 20.3 Å². The summed E-state index contributed by atoms with van der Waals surface area (Å²) in [5.41, 5.74) is 5.78. The van der Waals surface area contributed by atoms with Crippen LogP contribution in [0.25, 0.3) is 0 Å². The summed E-state index contributed by atoms with van der Waals surface area (Å²) in [4.78, 5) is 11.4. The highest BCUT2D eigenvalue weighted by molar-refractivity contribution is 5.76. The largest absolute Gasteiger partial charge is 0.385 e. The number of nitrogens with two attached hydrogens (primary N) is 1. The van der Waals surface area contributed by atoms with Crippen LogP contribution >= 0.6 is 0 Å². The SMILES string of the molecule is CCCC(N)CC(=O)NCCCCCOC. The molecule has 0 aliphatic carbocycles. The van der Waals surface area contributed by atoms with Crippen LogP contribution in [0.4, 0.5) is 0 Å². The monoisotopic (exact) mass is 230 g/mol. The Kier molecular flexibility index (Phi) is 10.5. The number of carbonyl (C=O) groups excluding carboxylic acids is 1. The van der Waals surface area contributed by atoms with E-state index in [2.05, 4.69) is 12.2 Å². The number of ether oxygens (including phenoxy) is 1. The van der Waals surface area contributed by atoms with Gasteiger partial charge in [0.15, 0.2) is 0 Å². The molecule has 0 aliphatic heterocycles. The van der Waals surface area contributed by atoms with Gasteiger partial charge >= 0.3 is 0 Å². The lowest BCUT2D eigenvalue weighted by Crippen LogP contribution is -2.32. The highest BCUT2D eigenvalue weighted by Gasteiger charge is 2.07. The highest BCUT2D eigenvalue weighted by Crippen LogP contribution is 1.98. The van der Waals surface area contributed by atoms with Crippen LogP contribution in [0.15, 0.2) is 0 Å².